The van der Waals surface area contributed by atoms with Crippen LogP contribution in [0.3, 0.4) is 0 Å². The van der Waals surface area contributed by atoms with Gasteiger partial charge < -0.3 is 19.1 Å². The maximum absolute atomic E-state index is 12.1. The van der Waals surface area contributed by atoms with E-state index in [4.69, 9.17) is 14.2 Å². The van der Waals surface area contributed by atoms with Gasteiger partial charge in [-0.25, -0.2) is 8.78 Å². The molecule has 0 bridgehead atoms. The molecule has 0 N–H and O–H groups in total. The van der Waals surface area contributed by atoms with E-state index in [-0.39, 0.29) is 18.8 Å². The molecule has 0 atom stereocenters. The summed E-state index contributed by atoms with van der Waals surface area (Å²) in [4.78, 5) is 13.7. The summed E-state index contributed by atoms with van der Waals surface area (Å²) in [6, 6.07) is 4.96. The van der Waals surface area contributed by atoms with E-state index in [1.54, 1.807) is 23.1 Å². The summed E-state index contributed by atoms with van der Waals surface area (Å²) in [5.41, 5.74) is 0.488. The van der Waals surface area contributed by atoms with Gasteiger partial charge >= 0.3 is 0 Å². The highest BCUT2D eigenvalue weighted by molar-refractivity contribution is 5.95. The minimum atomic E-state index is -2.48. The molecule has 0 radical (unpaired) electrons. The van der Waals surface area contributed by atoms with Crippen LogP contribution in [0.25, 0.3) is 0 Å². The van der Waals surface area contributed by atoms with Crippen molar-refractivity contribution < 1.29 is 27.8 Å². The predicted octanol–water partition coefficient (Wildman–Crippen LogP) is 1.52. The minimum absolute atomic E-state index is 0.153. The van der Waals surface area contributed by atoms with E-state index in [1.807, 2.05) is 0 Å². The molecule has 0 saturated carbocycles. The summed E-state index contributed by atoms with van der Waals surface area (Å²) < 4.78 is 39.3. The van der Waals surface area contributed by atoms with Gasteiger partial charge in [0, 0.05) is 18.7 Å². The van der Waals surface area contributed by atoms with Crippen LogP contribution in [0.15, 0.2) is 18.2 Å². The number of alkyl halides is 2. The van der Waals surface area contributed by atoms with Gasteiger partial charge in [-0.05, 0) is 18.2 Å². The number of hydrogen-bond acceptors (Lipinski definition) is 4. The highest BCUT2D eigenvalue weighted by atomic mass is 19.3. The highest BCUT2D eigenvalue weighted by Crippen LogP contribution is 2.33. The van der Waals surface area contributed by atoms with Gasteiger partial charge in [-0.15, -0.1) is 0 Å². The van der Waals surface area contributed by atoms with Crippen LogP contribution in [0, 0.1) is 0 Å². The van der Waals surface area contributed by atoms with E-state index in [0.717, 1.165) is 0 Å². The van der Waals surface area contributed by atoms with Crippen LogP contribution >= 0.6 is 0 Å². The fraction of sp³-hybridized carbons (Fsp3) is 0.462. The fourth-order valence-corrected chi connectivity index (χ4v) is 2.13. The van der Waals surface area contributed by atoms with Gasteiger partial charge in [0.25, 0.3) is 12.3 Å². The molecule has 0 aromatic heterocycles. The average molecular weight is 285 g/mol. The van der Waals surface area contributed by atoms with E-state index < -0.39 is 13.0 Å². The number of hydrogen-bond donors (Lipinski definition) is 0. The van der Waals surface area contributed by atoms with Crippen molar-refractivity contribution in [1.29, 1.82) is 0 Å². The Kier molecular flexibility index (Phi) is 3.43. The summed E-state index contributed by atoms with van der Waals surface area (Å²) in [6.07, 6.45) is -2.78. The zero-order valence-electron chi connectivity index (χ0n) is 10.6. The van der Waals surface area contributed by atoms with E-state index in [2.05, 4.69) is 0 Å². The molecule has 2 aliphatic heterocycles. The molecular formula is C13H13F2NO4. The Labute approximate surface area is 114 Å². The zero-order valence-corrected chi connectivity index (χ0v) is 10.6. The first-order chi connectivity index (χ1) is 9.63. The number of carbonyl (C=O) groups is 1. The lowest BCUT2D eigenvalue weighted by molar-refractivity contribution is -0.0775. The first kappa shape index (κ1) is 13.1. The van der Waals surface area contributed by atoms with E-state index in [0.29, 0.717) is 30.2 Å². The first-order valence-corrected chi connectivity index (χ1v) is 6.22. The Morgan fingerprint density at radius 1 is 1.35 bits per heavy atom. The molecule has 1 aromatic carbocycles. The van der Waals surface area contributed by atoms with Gasteiger partial charge in [0.2, 0.25) is 6.79 Å². The maximum atomic E-state index is 12.1. The Morgan fingerprint density at radius 2 is 2.10 bits per heavy atom. The average Bonchev–Trinajstić information content (AvgIpc) is 2.83. The molecular weight excluding hydrogens is 272 g/mol. The number of nitrogens with zero attached hydrogens (tertiary/aromatic N) is 1. The summed E-state index contributed by atoms with van der Waals surface area (Å²) >= 11 is 0. The molecule has 5 nitrogen and oxygen atoms in total. The molecule has 2 heterocycles. The van der Waals surface area contributed by atoms with E-state index in [1.165, 1.54) is 0 Å². The van der Waals surface area contributed by atoms with Crippen molar-refractivity contribution in [3.05, 3.63) is 23.8 Å². The highest BCUT2D eigenvalue weighted by Gasteiger charge is 2.33. The standard InChI is InChI=1S/C13H13F2NO4/c14-12(15)6-18-9-4-16(5-9)13(17)8-1-2-10-11(3-8)20-7-19-10/h1-3,9,12H,4-7H2. The van der Waals surface area contributed by atoms with E-state index in [9.17, 15) is 13.6 Å². The second-order valence-corrected chi connectivity index (χ2v) is 4.62. The number of amides is 1. The molecule has 2 aliphatic rings. The molecule has 1 saturated heterocycles. The van der Waals surface area contributed by atoms with Gasteiger partial charge in [-0.2, -0.15) is 0 Å². The Morgan fingerprint density at radius 3 is 2.85 bits per heavy atom. The summed E-state index contributed by atoms with van der Waals surface area (Å²) in [5, 5.41) is 0. The van der Waals surface area contributed by atoms with Crippen LogP contribution in [0.1, 0.15) is 10.4 Å². The van der Waals surface area contributed by atoms with Gasteiger partial charge in [-0.3, -0.25) is 4.79 Å². The number of fused-ring (bicyclic) bond motifs is 1. The van der Waals surface area contributed by atoms with Crippen LogP contribution < -0.4 is 9.47 Å². The summed E-state index contributed by atoms with van der Waals surface area (Å²) in [5.74, 6) is 0.991. The minimum Gasteiger partial charge on any atom is -0.454 e. The van der Waals surface area contributed by atoms with Crippen molar-refractivity contribution in [2.24, 2.45) is 0 Å². The molecule has 108 valence electrons. The Hall–Kier alpha value is -1.89. The predicted molar refractivity (Wildman–Crippen MR) is 64.2 cm³/mol. The van der Waals surface area contributed by atoms with Crippen LogP contribution in [0.4, 0.5) is 8.78 Å². The zero-order chi connectivity index (χ0) is 14.1. The van der Waals surface area contributed by atoms with Crippen LogP contribution in [0.5, 0.6) is 11.5 Å². The Balaban J connectivity index is 1.56. The van der Waals surface area contributed by atoms with Gasteiger partial charge in [0.05, 0.1) is 6.10 Å². The normalized spacial score (nSPS) is 17.4. The number of halogens is 2. The number of benzene rings is 1. The van der Waals surface area contributed by atoms with Crippen molar-refractivity contribution in [2.75, 3.05) is 26.5 Å². The molecule has 1 aromatic rings. The molecule has 20 heavy (non-hydrogen) atoms. The summed E-state index contributed by atoms with van der Waals surface area (Å²) in [7, 11) is 0. The molecule has 0 aliphatic carbocycles. The molecule has 0 spiro atoms. The number of rotatable bonds is 4. The third kappa shape index (κ3) is 2.53. The third-order valence-corrected chi connectivity index (χ3v) is 3.21. The summed E-state index contributed by atoms with van der Waals surface area (Å²) in [6.45, 7) is 0.233. The van der Waals surface area contributed by atoms with Gasteiger partial charge in [-0.1, -0.05) is 0 Å². The first-order valence-electron chi connectivity index (χ1n) is 6.22. The van der Waals surface area contributed by atoms with Crippen molar-refractivity contribution in [3.63, 3.8) is 0 Å². The van der Waals surface area contributed by atoms with Gasteiger partial charge in [0.15, 0.2) is 11.5 Å². The lowest BCUT2D eigenvalue weighted by Gasteiger charge is -2.38. The molecule has 3 rings (SSSR count). The van der Waals surface area contributed by atoms with Crippen molar-refractivity contribution in [1.82, 2.24) is 4.90 Å². The van der Waals surface area contributed by atoms with Crippen LogP contribution in [-0.2, 0) is 4.74 Å². The topological polar surface area (TPSA) is 48.0 Å². The Bertz CT molecular complexity index is 517. The monoisotopic (exact) mass is 285 g/mol. The van der Waals surface area contributed by atoms with Gasteiger partial charge in [0.1, 0.15) is 6.61 Å². The number of likely N-dealkylation sites (tertiary alicyclic amines) is 1. The molecule has 0 unspecified atom stereocenters. The quantitative estimate of drug-likeness (QED) is 0.841. The number of ether oxygens (including phenoxy) is 3. The molecule has 1 amide bonds. The largest absolute Gasteiger partial charge is 0.454 e. The lowest BCUT2D eigenvalue weighted by atomic mass is 10.1. The smallest absolute Gasteiger partial charge is 0.261 e. The van der Waals surface area contributed by atoms with Crippen LogP contribution in [-0.4, -0.2) is 49.8 Å². The van der Waals surface area contributed by atoms with Crippen molar-refractivity contribution in [2.45, 2.75) is 12.5 Å². The fourth-order valence-electron chi connectivity index (χ4n) is 2.13. The molecule has 7 heteroatoms. The van der Waals surface area contributed by atoms with Crippen LogP contribution in [0.2, 0.25) is 0 Å². The molecule has 1 fully saturated rings. The maximum Gasteiger partial charge on any atom is 0.261 e. The third-order valence-electron chi connectivity index (χ3n) is 3.21. The number of carbonyl (C=O) groups excluding carboxylic acids is 1. The SMILES string of the molecule is O=C(c1ccc2c(c1)OCO2)N1CC(OCC(F)F)C1. The second kappa shape index (κ2) is 5.24. The van der Waals surface area contributed by atoms with Crippen molar-refractivity contribution in [3.8, 4) is 11.5 Å². The van der Waals surface area contributed by atoms with Crippen molar-refractivity contribution >= 4 is 5.91 Å². The lowest BCUT2D eigenvalue weighted by Crippen LogP contribution is -2.55. The second-order valence-electron chi connectivity index (χ2n) is 4.62. The van der Waals surface area contributed by atoms with E-state index >= 15 is 0 Å².